The second kappa shape index (κ2) is 6.88. The first-order chi connectivity index (χ1) is 12.7. The molecule has 0 saturated heterocycles. The number of pyridine rings is 1. The minimum absolute atomic E-state index is 0.0883. The molecule has 0 aliphatic heterocycles. The summed E-state index contributed by atoms with van der Waals surface area (Å²) in [5.74, 6) is 0.850. The van der Waals surface area contributed by atoms with Gasteiger partial charge in [-0.05, 0) is 53.3 Å². The second-order valence-electron chi connectivity index (χ2n) is 6.25. The summed E-state index contributed by atoms with van der Waals surface area (Å²) >= 11 is 0. The van der Waals surface area contributed by atoms with Gasteiger partial charge < -0.3 is 14.3 Å². The number of hydrogen-bond acceptors (Lipinski definition) is 3. The quantitative estimate of drug-likeness (QED) is 0.601. The number of rotatable bonds is 5. The number of methoxy groups -OCH3 is 1. The van der Waals surface area contributed by atoms with Gasteiger partial charge in [0.25, 0.3) is 0 Å². The molecule has 2 aromatic carbocycles. The molecule has 0 aliphatic carbocycles. The van der Waals surface area contributed by atoms with Gasteiger partial charge in [0.1, 0.15) is 5.75 Å². The Hall–Kier alpha value is -3.34. The smallest absolute Gasteiger partial charge is 0.248 e. The highest BCUT2D eigenvalue weighted by atomic mass is 16.5. The lowest BCUT2D eigenvalue weighted by molar-refractivity contribution is 0.414. The molecule has 1 unspecified atom stereocenters. The Morgan fingerprint density at radius 2 is 1.96 bits per heavy atom. The van der Waals surface area contributed by atoms with E-state index in [4.69, 9.17) is 4.74 Å². The fourth-order valence-electron chi connectivity index (χ4n) is 3.21. The average Bonchev–Trinajstić information content (AvgIpc) is 3.20. The van der Waals surface area contributed by atoms with Crippen LogP contribution in [0.1, 0.15) is 17.2 Å². The largest absolute Gasteiger partial charge is 0.497 e. The van der Waals surface area contributed by atoms with Crippen LogP contribution in [0.25, 0.3) is 10.9 Å². The maximum atomic E-state index is 11.5. The van der Waals surface area contributed by atoms with Gasteiger partial charge in [-0.1, -0.05) is 18.2 Å². The van der Waals surface area contributed by atoms with Crippen LogP contribution in [-0.2, 0) is 6.42 Å². The van der Waals surface area contributed by atoms with E-state index in [1.54, 1.807) is 19.4 Å². The number of H-pyrrole nitrogens is 1. The van der Waals surface area contributed by atoms with Crippen LogP contribution in [-0.4, -0.2) is 21.6 Å². The molecule has 0 radical (unpaired) electrons. The fourth-order valence-corrected chi connectivity index (χ4v) is 3.21. The molecule has 5 heteroatoms. The van der Waals surface area contributed by atoms with Gasteiger partial charge >= 0.3 is 0 Å². The van der Waals surface area contributed by atoms with Gasteiger partial charge in [0.15, 0.2) is 0 Å². The maximum absolute atomic E-state index is 11.5. The molecular weight excluding hydrogens is 326 g/mol. The van der Waals surface area contributed by atoms with Crippen LogP contribution >= 0.6 is 0 Å². The monoisotopic (exact) mass is 345 g/mol. The van der Waals surface area contributed by atoms with Crippen molar-refractivity contribution in [2.45, 2.75) is 12.5 Å². The molecule has 2 heterocycles. The number of hydrogen-bond donors (Lipinski definition) is 1. The van der Waals surface area contributed by atoms with Crippen molar-refractivity contribution in [2.24, 2.45) is 0 Å². The van der Waals surface area contributed by atoms with Crippen LogP contribution in [0.4, 0.5) is 0 Å². The molecule has 2 aromatic heterocycles. The van der Waals surface area contributed by atoms with E-state index in [1.165, 1.54) is 11.1 Å². The maximum Gasteiger partial charge on any atom is 0.248 e. The Morgan fingerprint density at radius 1 is 1.12 bits per heavy atom. The van der Waals surface area contributed by atoms with Crippen molar-refractivity contribution >= 4 is 10.9 Å². The first-order valence-corrected chi connectivity index (χ1v) is 8.46. The molecule has 0 amide bonds. The molecule has 5 nitrogen and oxygen atoms in total. The van der Waals surface area contributed by atoms with Crippen molar-refractivity contribution in [3.63, 3.8) is 0 Å². The molecule has 0 spiro atoms. The third-order valence-corrected chi connectivity index (χ3v) is 4.61. The molecule has 0 fully saturated rings. The van der Waals surface area contributed by atoms with Gasteiger partial charge in [-0.15, -0.1) is 0 Å². The number of nitrogens with one attached hydrogen (secondary N) is 1. The number of ether oxygens (including phenoxy) is 1. The fraction of sp³-hybridized carbons (Fsp3) is 0.143. The van der Waals surface area contributed by atoms with Crippen LogP contribution in [0.2, 0.25) is 0 Å². The van der Waals surface area contributed by atoms with E-state index in [9.17, 15) is 4.79 Å². The summed E-state index contributed by atoms with van der Waals surface area (Å²) in [6.45, 7) is 0. The van der Waals surface area contributed by atoms with Crippen LogP contribution in [0.3, 0.4) is 0 Å². The minimum atomic E-state index is -0.0883. The molecule has 4 aromatic rings. The first kappa shape index (κ1) is 16.1. The summed E-state index contributed by atoms with van der Waals surface area (Å²) in [4.78, 5) is 18.6. The Bertz CT molecular complexity index is 1070. The van der Waals surface area contributed by atoms with E-state index in [0.29, 0.717) is 0 Å². The van der Waals surface area contributed by atoms with Crippen molar-refractivity contribution in [1.82, 2.24) is 14.5 Å². The molecule has 0 bridgehead atoms. The normalized spacial score (nSPS) is 12.2. The summed E-state index contributed by atoms with van der Waals surface area (Å²) in [5.41, 5.74) is 3.13. The molecule has 1 N–H and O–H groups in total. The van der Waals surface area contributed by atoms with Gasteiger partial charge in [-0.3, -0.25) is 4.79 Å². The van der Waals surface area contributed by atoms with Crippen molar-refractivity contribution in [2.75, 3.05) is 7.11 Å². The predicted octanol–water partition coefficient (Wildman–Crippen LogP) is 3.57. The molecule has 130 valence electrons. The van der Waals surface area contributed by atoms with Gasteiger partial charge in [0.05, 0.1) is 19.5 Å². The number of aromatic nitrogens is 3. The second-order valence-corrected chi connectivity index (χ2v) is 6.25. The lowest BCUT2D eigenvalue weighted by Gasteiger charge is -2.20. The molecule has 0 aliphatic rings. The summed E-state index contributed by atoms with van der Waals surface area (Å²) in [5, 5.41) is 1.02. The zero-order valence-electron chi connectivity index (χ0n) is 14.4. The molecule has 26 heavy (non-hydrogen) atoms. The van der Waals surface area contributed by atoms with Gasteiger partial charge in [0.2, 0.25) is 5.56 Å². The van der Waals surface area contributed by atoms with E-state index < -0.39 is 0 Å². The zero-order valence-corrected chi connectivity index (χ0v) is 14.4. The van der Waals surface area contributed by atoms with Crippen LogP contribution < -0.4 is 10.3 Å². The van der Waals surface area contributed by atoms with Gasteiger partial charge in [0, 0.05) is 24.0 Å². The Kier molecular flexibility index (Phi) is 4.27. The summed E-state index contributed by atoms with van der Waals surface area (Å²) in [6.07, 6.45) is 6.44. The van der Waals surface area contributed by atoms with Crippen LogP contribution in [0.15, 0.2) is 78.1 Å². The third kappa shape index (κ3) is 3.24. The Morgan fingerprint density at radius 3 is 2.69 bits per heavy atom. The van der Waals surface area contributed by atoms with E-state index in [-0.39, 0.29) is 11.6 Å². The average molecular weight is 345 g/mol. The lowest BCUT2D eigenvalue weighted by Crippen LogP contribution is -2.12. The summed E-state index contributed by atoms with van der Waals surface area (Å²) < 4.78 is 7.35. The van der Waals surface area contributed by atoms with Crippen molar-refractivity contribution in [3.8, 4) is 5.75 Å². The molecule has 1 atom stereocenters. The van der Waals surface area contributed by atoms with Gasteiger partial charge in [-0.25, -0.2) is 4.98 Å². The highest BCUT2D eigenvalue weighted by Crippen LogP contribution is 2.26. The minimum Gasteiger partial charge on any atom is -0.497 e. The SMILES string of the molecule is COc1ccc(CC(c2ccc3[nH]c(=O)ccc3c2)n2ccnc2)cc1. The van der Waals surface area contributed by atoms with E-state index in [0.717, 1.165) is 23.1 Å². The Labute approximate surface area is 150 Å². The van der Waals surface area contributed by atoms with Crippen molar-refractivity contribution in [1.29, 1.82) is 0 Å². The number of aromatic amines is 1. The topological polar surface area (TPSA) is 59.9 Å². The van der Waals surface area contributed by atoms with E-state index >= 15 is 0 Å². The summed E-state index contributed by atoms with van der Waals surface area (Å²) in [7, 11) is 1.67. The Balaban J connectivity index is 1.73. The highest BCUT2D eigenvalue weighted by molar-refractivity contribution is 5.79. The van der Waals surface area contributed by atoms with E-state index in [2.05, 4.69) is 38.8 Å². The summed E-state index contributed by atoms with van der Waals surface area (Å²) in [6, 6.07) is 17.8. The third-order valence-electron chi connectivity index (χ3n) is 4.61. The predicted molar refractivity (Wildman–Crippen MR) is 102 cm³/mol. The molecule has 0 saturated carbocycles. The van der Waals surface area contributed by atoms with Crippen LogP contribution in [0, 0.1) is 0 Å². The first-order valence-electron chi connectivity index (χ1n) is 8.46. The number of fused-ring (bicyclic) bond motifs is 1. The number of imidazole rings is 1. The molecular formula is C21H19N3O2. The molecule has 4 rings (SSSR count). The number of nitrogens with zero attached hydrogens (tertiary/aromatic N) is 2. The standard InChI is InChI=1S/C21H19N3O2/c1-26-18-6-2-15(3-7-18)12-20(24-11-10-22-14-24)17-4-8-19-16(13-17)5-9-21(25)23-19/h2-11,13-14,20H,12H2,1H3,(H,23,25). The van der Waals surface area contributed by atoms with Gasteiger partial charge in [-0.2, -0.15) is 0 Å². The zero-order chi connectivity index (χ0) is 17.9. The van der Waals surface area contributed by atoms with Crippen LogP contribution in [0.5, 0.6) is 5.75 Å². The van der Waals surface area contributed by atoms with E-state index in [1.807, 2.05) is 36.8 Å². The lowest BCUT2D eigenvalue weighted by atomic mass is 9.97. The highest BCUT2D eigenvalue weighted by Gasteiger charge is 2.15. The van der Waals surface area contributed by atoms with Crippen molar-refractivity contribution < 1.29 is 4.74 Å². The van der Waals surface area contributed by atoms with Crippen molar-refractivity contribution in [3.05, 3.63) is 94.8 Å². The number of benzene rings is 2.